The summed E-state index contributed by atoms with van der Waals surface area (Å²) in [5.74, 6) is 1.11. The fraction of sp³-hybridized carbons (Fsp3) is 0.417. The van der Waals surface area contributed by atoms with Gasteiger partial charge in [0.1, 0.15) is 5.75 Å². The van der Waals surface area contributed by atoms with Crippen molar-refractivity contribution in [2.45, 2.75) is 44.5 Å². The van der Waals surface area contributed by atoms with Crippen LogP contribution in [0.15, 0.2) is 48.5 Å². The largest absolute Gasteiger partial charge is 0.480 e. The molecule has 0 unspecified atom stereocenters. The van der Waals surface area contributed by atoms with Gasteiger partial charge in [0.25, 0.3) is 0 Å². The van der Waals surface area contributed by atoms with E-state index in [1.165, 1.54) is 16.7 Å². The molecular formula is C24H29F3N4O2. The molecule has 0 fully saturated rings. The third-order valence-electron chi connectivity index (χ3n) is 5.43. The lowest BCUT2D eigenvalue weighted by Gasteiger charge is -2.26. The quantitative estimate of drug-likeness (QED) is 0.440. The monoisotopic (exact) mass is 462 g/mol. The first-order valence-corrected chi connectivity index (χ1v) is 10.6. The zero-order valence-electron chi connectivity index (χ0n) is 19.2. The number of rotatable bonds is 9. The van der Waals surface area contributed by atoms with Gasteiger partial charge in [-0.2, -0.15) is 13.2 Å². The van der Waals surface area contributed by atoms with Crippen molar-refractivity contribution in [1.29, 1.82) is 0 Å². The van der Waals surface area contributed by atoms with Gasteiger partial charge in [-0.05, 0) is 50.5 Å². The van der Waals surface area contributed by atoms with E-state index in [1.807, 2.05) is 24.3 Å². The summed E-state index contributed by atoms with van der Waals surface area (Å²) in [5.41, 5.74) is 5.47. The van der Waals surface area contributed by atoms with E-state index in [-0.39, 0.29) is 17.4 Å². The number of alkyl halides is 3. The van der Waals surface area contributed by atoms with Crippen LogP contribution in [-0.2, 0) is 23.6 Å². The van der Waals surface area contributed by atoms with E-state index in [2.05, 4.69) is 10.2 Å². The minimum Gasteiger partial charge on any atom is -0.480 e. The highest BCUT2D eigenvalue weighted by Crippen LogP contribution is 2.37. The number of nitrogens with two attached hydrogens (primary N) is 1. The van der Waals surface area contributed by atoms with E-state index in [1.54, 1.807) is 34.1 Å². The van der Waals surface area contributed by atoms with Gasteiger partial charge in [-0.3, -0.25) is 0 Å². The van der Waals surface area contributed by atoms with Gasteiger partial charge < -0.3 is 19.8 Å². The predicted molar refractivity (Wildman–Crippen MR) is 120 cm³/mol. The molecule has 2 N–H and O–H groups in total. The molecule has 178 valence electrons. The number of aromatic nitrogens is 3. The molecule has 1 aromatic heterocycles. The summed E-state index contributed by atoms with van der Waals surface area (Å²) in [6.45, 7) is 4.25. The molecule has 3 aromatic rings. The molecule has 6 nitrogen and oxygen atoms in total. The lowest BCUT2D eigenvalue weighted by molar-refractivity contribution is -0.137. The first-order valence-electron chi connectivity index (χ1n) is 10.6. The van der Waals surface area contributed by atoms with Crippen LogP contribution in [0, 0.1) is 0 Å². The van der Waals surface area contributed by atoms with Crippen LogP contribution in [-0.4, -0.2) is 28.5 Å². The summed E-state index contributed by atoms with van der Waals surface area (Å²) in [6.07, 6.45) is -2.82. The molecule has 2 aromatic carbocycles. The molecule has 1 atom stereocenters. The Morgan fingerprint density at radius 3 is 2.33 bits per heavy atom. The molecule has 0 saturated heterocycles. The van der Waals surface area contributed by atoms with Crippen LogP contribution in [0.5, 0.6) is 5.75 Å². The second kappa shape index (κ2) is 9.93. The Kier molecular flexibility index (Phi) is 7.44. The molecule has 0 radical (unpaired) electrons. The highest BCUT2D eigenvalue weighted by Gasteiger charge is 2.36. The van der Waals surface area contributed by atoms with Crippen molar-refractivity contribution in [3.63, 3.8) is 0 Å². The van der Waals surface area contributed by atoms with E-state index in [0.717, 1.165) is 24.5 Å². The van der Waals surface area contributed by atoms with Crippen molar-refractivity contribution in [2.75, 3.05) is 13.7 Å². The number of ether oxygens (including phenoxy) is 2. The Morgan fingerprint density at radius 1 is 1.03 bits per heavy atom. The standard InChI is InChI=1S/C24H29F3N4O2/c1-23(2,33-17-13-11-16(12-14-17)20(28)10-7-15-32-4)22-30-29-21(31(22)3)18-8-5-6-9-19(18)24(25,26)27/h5-6,8-9,11-14,20H,7,10,15,28H2,1-4H3/t20-/m1/s1. The maximum atomic E-state index is 13.5. The summed E-state index contributed by atoms with van der Waals surface area (Å²) < 4.78 is 53.2. The minimum absolute atomic E-state index is 0.0335. The summed E-state index contributed by atoms with van der Waals surface area (Å²) in [4.78, 5) is 0. The summed E-state index contributed by atoms with van der Waals surface area (Å²) in [7, 11) is 3.29. The lowest BCUT2D eigenvalue weighted by Crippen LogP contribution is -2.29. The van der Waals surface area contributed by atoms with Gasteiger partial charge in [0.2, 0.25) is 0 Å². The zero-order valence-corrected chi connectivity index (χ0v) is 19.2. The van der Waals surface area contributed by atoms with Crippen molar-refractivity contribution in [3.8, 4) is 17.1 Å². The van der Waals surface area contributed by atoms with Gasteiger partial charge in [0, 0.05) is 32.4 Å². The van der Waals surface area contributed by atoms with E-state index in [4.69, 9.17) is 15.2 Å². The molecule has 1 heterocycles. The van der Waals surface area contributed by atoms with Gasteiger partial charge in [-0.1, -0.05) is 30.3 Å². The normalized spacial score (nSPS) is 13.2. The van der Waals surface area contributed by atoms with Crippen LogP contribution < -0.4 is 10.5 Å². The van der Waals surface area contributed by atoms with Crippen LogP contribution in [0.2, 0.25) is 0 Å². The molecule has 0 aliphatic heterocycles. The van der Waals surface area contributed by atoms with Crippen molar-refractivity contribution in [3.05, 3.63) is 65.5 Å². The maximum Gasteiger partial charge on any atom is 0.417 e. The van der Waals surface area contributed by atoms with Crippen molar-refractivity contribution in [1.82, 2.24) is 14.8 Å². The van der Waals surface area contributed by atoms with Crippen molar-refractivity contribution >= 4 is 0 Å². The van der Waals surface area contributed by atoms with E-state index < -0.39 is 17.3 Å². The molecule has 0 saturated carbocycles. The van der Waals surface area contributed by atoms with Crippen LogP contribution in [0.4, 0.5) is 13.2 Å². The van der Waals surface area contributed by atoms with Gasteiger partial charge in [0.05, 0.1) is 5.56 Å². The third-order valence-corrected chi connectivity index (χ3v) is 5.43. The second-order valence-electron chi connectivity index (χ2n) is 8.37. The van der Waals surface area contributed by atoms with Crippen molar-refractivity contribution in [2.24, 2.45) is 12.8 Å². The Morgan fingerprint density at radius 2 is 1.70 bits per heavy atom. The van der Waals surface area contributed by atoms with E-state index in [9.17, 15) is 13.2 Å². The van der Waals surface area contributed by atoms with Gasteiger partial charge in [-0.15, -0.1) is 10.2 Å². The molecule has 0 amide bonds. The molecule has 33 heavy (non-hydrogen) atoms. The molecule has 9 heteroatoms. The lowest BCUT2D eigenvalue weighted by atomic mass is 10.0. The third kappa shape index (κ3) is 5.72. The zero-order chi connectivity index (χ0) is 24.2. The Balaban J connectivity index is 1.81. The summed E-state index contributed by atoms with van der Waals surface area (Å²) in [5, 5.41) is 8.21. The molecule has 3 rings (SSSR count). The van der Waals surface area contributed by atoms with Gasteiger partial charge >= 0.3 is 6.18 Å². The minimum atomic E-state index is -4.50. The van der Waals surface area contributed by atoms with Crippen molar-refractivity contribution < 1.29 is 22.6 Å². The summed E-state index contributed by atoms with van der Waals surface area (Å²) >= 11 is 0. The average Bonchev–Trinajstić information content (AvgIpc) is 3.15. The average molecular weight is 463 g/mol. The maximum absolute atomic E-state index is 13.5. The SMILES string of the molecule is COCCC[C@@H](N)c1ccc(OC(C)(C)c2nnc(-c3ccccc3C(F)(F)F)n2C)cc1. The number of hydrogen-bond donors (Lipinski definition) is 1. The Hall–Kier alpha value is -2.91. The molecule has 0 spiro atoms. The number of halogens is 3. The fourth-order valence-corrected chi connectivity index (χ4v) is 3.75. The molecule has 0 bridgehead atoms. The van der Waals surface area contributed by atoms with Crippen LogP contribution in [0.3, 0.4) is 0 Å². The highest BCUT2D eigenvalue weighted by atomic mass is 19.4. The molecule has 0 aliphatic carbocycles. The Bertz CT molecular complexity index is 1060. The topological polar surface area (TPSA) is 75.2 Å². The van der Waals surface area contributed by atoms with E-state index >= 15 is 0 Å². The van der Waals surface area contributed by atoms with Gasteiger partial charge in [-0.25, -0.2) is 0 Å². The van der Waals surface area contributed by atoms with Gasteiger partial charge in [0.15, 0.2) is 17.2 Å². The van der Waals surface area contributed by atoms with Crippen LogP contribution in [0.25, 0.3) is 11.4 Å². The number of nitrogens with zero attached hydrogens (tertiary/aromatic N) is 3. The smallest absolute Gasteiger partial charge is 0.417 e. The van der Waals surface area contributed by atoms with Crippen LogP contribution in [0.1, 0.15) is 49.7 Å². The van der Waals surface area contributed by atoms with E-state index in [0.29, 0.717) is 18.2 Å². The number of hydrogen-bond acceptors (Lipinski definition) is 5. The van der Waals surface area contributed by atoms with Crippen LogP contribution >= 0.6 is 0 Å². The second-order valence-corrected chi connectivity index (χ2v) is 8.37. The summed E-state index contributed by atoms with van der Waals surface area (Å²) in [6, 6.07) is 12.7. The number of methoxy groups -OCH3 is 1. The Labute approximate surface area is 191 Å². The first-order chi connectivity index (χ1) is 15.5. The predicted octanol–water partition coefficient (Wildman–Crippen LogP) is 5.24. The number of benzene rings is 2. The fourth-order valence-electron chi connectivity index (χ4n) is 3.75. The molecule has 0 aliphatic rings. The molecular weight excluding hydrogens is 433 g/mol. The highest BCUT2D eigenvalue weighted by molar-refractivity contribution is 5.61. The first kappa shape index (κ1) is 24.7.